The smallest absolute Gasteiger partial charge is 0.0188 e. The van der Waals surface area contributed by atoms with E-state index in [0.29, 0.717) is 0 Å². The first kappa shape index (κ1) is 12.4. The van der Waals surface area contributed by atoms with Gasteiger partial charge < -0.3 is 0 Å². The van der Waals surface area contributed by atoms with E-state index in [2.05, 4.69) is 13.2 Å². The molecule has 0 N–H and O–H groups in total. The molecule has 0 aliphatic heterocycles. The molecule has 14 heavy (non-hydrogen) atoms. The minimum absolute atomic E-state index is 1.10. The quantitative estimate of drug-likeness (QED) is 0.559. The predicted octanol–water partition coefficient (Wildman–Crippen LogP) is 4.36. The average Bonchev–Trinajstić information content (AvgIpc) is 2.19. The summed E-state index contributed by atoms with van der Waals surface area (Å²) in [6.07, 6.45) is 15.7. The highest BCUT2D eigenvalue weighted by Crippen LogP contribution is 2.13. The van der Waals surface area contributed by atoms with Crippen LogP contribution < -0.4 is 0 Å². The van der Waals surface area contributed by atoms with Crippen LogP contribution in [0.3, 0.4) is 0 Å². The second-order valence-electron chi connectivity index (χ2n) is 2.71. The van der Waals surface area contributed by atoms with Crippen molar-refractivity contribution in [2.75, 3.05) is 0 Å². The summed E-state index contributed by atoms with van der Waals surface area (Å²) in [5.41, 5.74) is 2.22. The molecule has 0 saturated heterocycles. The Balaban J connectivity index is 5.04. The van der Waals surface area contributed by atoms with Gasteiger partial charge in [-0.1, -0.05) is 61.8 Å². The van der Waals surface area contributed by atoms with Crippen LogP contribution in [0.1, 0.15) is 13.8 Å². The van der Waals surface area contributed by atoms with Gasteiger partial charge in [0.25, 0.3) is 0 Å². The zero-order valence-corrected chi connectivity index (χ0v) is 9.03. The van der Waals surface area contributed by atoms with E-state index in [1.165, 1.54) is 0 Å². The minimum Gasteiger partial charge on any atom is -0.0990 e. The maximum atomic E-state index is 3.79. The molecule has 0 aromatic rings. The van der Waals surface area contributed by atoms with E-state index in [1.807, 2.05) is 56.4 Å². The Morgan fingerprint density at radius 3 is 2.07 bits per heavy atom. The van der Waals surface area contributed by atoms with Gasteiger partial charge in [-0.05, 0) is 25.0 Å². The molecule has 0 aromatic carbocycles. The Morgan fingerprint density at radius 2 is 1.64 bits per heavy atom. The van der Waals surface area contributed by atoms with E-state index in [9.17, 15) is 0 Å². The first-order valence-electron chi connectivity index (χ1n) is 4.71. The molecule has 74 valence electrons. The molecular formula is C14H18. The van der Waals surface area contributed by atoms with Crippen LogP contribution in [0.25, 0.3) is 0 Å². The highest BCUT2D eigenvalue weighted by atomic mass is 14.0. The van der Waals surface area contributed by atoms with Gasteiger partial charge in [-0.2, -0.15) is 0 Å². The van der Waals surface area contributed by atoms with E-state index in [1.54, 1.807) is 6.08 Å². The molecule has 0 aromatic heterocycles. The molecule has 0 atom stereocenters. The van der Waals surface area contributed by atoms with Crippen LogP contribution in [0.4, 0.5) is 0 Å². The van der Waals surface area contributed by atoms with Gasteiger partial charge in [-0.25, -0.2) is 0 Å². The van der Waals surface area contributed by atoms with Gasteiger partial charge in [0.1, 0.15) is 0 Å². The topological polar surface area (TPSA) is 0 Å². The molecule has 0 spiro atoms. The molecule has 0 fully saturated rings. The lowest BCUT2D eigenvalue weighted by Crippen LogP contribution is -1.81. The predicted molar refractivity (Wildman–Crippen MR) is 66.2 cm³/mol. The van der Waals surface area contributed by atoms with Crippen molar-refractivity contribution in [3.05, 3.63) is 72.9 Å². The van der Waals surface area contributed by atoms with Crippen molar-refractivity contribution < 1.29 is 0 Å². The Labute approximate surface area is 87.3 Å². The van der Waals surface area contributed by atoms with E-state index in [-0.39, 0.29) is 0 Å². The van der Waals surface area contributed by atoms with Gasteiger partial charge in [0, 0.05) is 0 Å². The molecule has 0 amide bonds. The maximum absolute atomic E-state index is 3.79. The second-order valence-corrected chi connectivity index (χ2v) is 2.71. The highest BCUT2D eigenvalue weighted by Gasteiger charge is 1.93. The highest BCUT2D eigenvalue weighted by molar-refractivity contribution is 5.48. The fourth-order valence-corrected chi connectivity index (χ4v) is 1.04. The van der Waals surface area contributed by atoms with Crippen molar-refractivity contribution in [2.24, 2.45) is 0 Å². The van der Waals surface area contributed by atoms with Gasteiger partial charge in [-0.15, -0.1) is 0 Å². The summed E-state index contributed by atoms with van der Waals surface area (Å²) in [4.78, 5) is 0. The van der Waals surface area contributed by atoms with Crippen molar-refractivity contribution in [1.29, 1.82) is 0 Å². The van der Waals surface area contributed by atoms with E-state index in [4.69, 9.17) is 0 Å². The Bertz CT molecular complexity index is 296. The molecule has 0 nitrogen and oxygen atoms in total. The minimum atomic E-state index is 1.10. The summed E-state index contributed by atoms with van der Waals surface area (Å²) in [6.45, 7) is 11.5. The molecule has 0 heterocycles. The molecule has 0 heteroatoms. The van der Waals surface area contributed by atoms with E-state index < -0.39 is 0 Å². The average molecular weight is 186 g/mol. The van der Waals surface area contributed by atoms with Crippen molar-refractivity contribution in [3.63, 3.8) is 0 Å². The first-order chi connectivity index (χ1) is 6.79. The molecule has 0 radical (unpaired) electrons. The zero-order chi connectivity index (χ0) is 10.8. The van der Waals surface area contributed by atoms with E-state index in [0.717, 1.165) is 11.1 Å². The summed E-state index contributed by atoms with van der Waals surface area (Å²) < 4.78 is 0. The summed E-state index contributed by atoms with van der Waals surface area (Å²) in [5, 5.41) is 0. The summed E-state index contributed by atoms with van der Waals surface area (Å²) in [7, 11) is 0. The lowest BCUT2D eigenvalue weighted by molar-refractivity contribution is 1.52. The Kier molecular flexibility index (Phi) is 7.16. The zero-order valence-electron chi connectivity index (χ0n) is 9.03. The SMILES string of the molecule is C=C/C=C(/C=C\C)C(\C=C)=C/C=C\C. The first-order valence-corrected chi connectivity index (χ1v) is 4.71. The van der Waals surface area contributed by atoms with Gasteiger partial charge in [0.15, 0.2) is 0 Å². The van der Waals surface area contributed by atoms with Crippen LogP contribution in [0.5, 0.6) is 0 Å². The van der Waals surface area contributed by atoms with Crippen molar-refractivity contribution >= 4 is 0 Å². The Hall–Kier alpha value is -1.56. The summed E-state index contributed by atoms with van der Waals surface area (Å²) >= 11 is 0. The standard InChI is InChI=1S/C14H18/c1-5-9-12-13(8-4)14(10-6-2)11-7-3/h5-12H,2,4H2,1,3H3/b9-5-,11-7-,13-12-,14-10-. The van der Waals surface area contributed by atoms with Crippen LogP contribution in [0.15, 0.2) is 72.9 Å². The third-order valence-corrected chi connectivity index (χ3v) is 1.67. The van der Waals surface area contributed by atoms with Gasteiger partial charge >= 0.3 is 0 Å². The molecule has 0 aliphatic rings. The Morgan fingerprint density at radius 1 is 0.929 bits per heavy atom. The largest absolute Gasteiger partial charge is 0.0990 e. The van der Waals surface area contributed by atoms with Crippen molar-refractivity contribution in [2.45, 2.75) is 13.8 Å². The lowest BCUT2D eigenvalue weighted by atomic mass is 10.0. The van der Waals surface area contributed by atoms with Crippen LogP contribution >= 0.6 is 0 Å². The third-order valence-electron chi connectivity index (χ3n) is 1.67. The second kappa shape index (κ2) is 8.06. The maximum Gasteiger partial charge on any atom is -0.0188 e. The molecule has 0 unspecified atom stereocenters. The fourth-order valence-electron chi connectivity index (χ4n) is 1.04. The van der Waals surface area contributed by atoms with Crippen LogP contribution in [-0.4, -0.2) is 0 Å². The number of rotatable bonds is 5. The molecular weight excluding hydrogens is 168 g/mol. The summed E-state index contributed by atoms with van der Waals surface area (Å²) in [6, 6.07) is 0. The van der Waals surface area contributed by atoms with Crippen molar-refractivity contribution in [3.8, 4) is 0 Å². The molecule has 0 saturated carbocycles. The normalized spacial score (nSPS) is 13.9. The van der Waals surface area contributed by atoms with Crippen LogP contribution in [-0.2, 0) is 0 Å². The van der Waals surface area contributed by atoms with Crippen LogP contribution in [0, 0.1) is 0 Å². The monoisotopic (exact) mass is 186 g/mol. The van der Waals surface area contributed by atoms with Gasteiger partial charge in [-0.3, -0.25) is 0 Å². The van der Waals surface area contributed by atoms with Crippen molar-refractivity contribution in [1.82, 2.24) is 0 Å². The fraction of sp³-hybridized carbons (Fsp3) is 0.143. The van der Waals surface area contributed by atoms with Gasteiger partial charge in [0.2, 0.25) is 0 Å². The number of allylic oxidation sites excluding steroid dienone is 10. The van der Waals surface area contributed by atoms with Gasteiger partial charge in [0.05, 0.1) is 0 Å². The number of hydrogen-bond acceptors (Lipinski definition) is 0. The van der Waals surface area contributed by atoms with E-state index >= 15 is 0 Å². The number of hydrogen-bond donors (Lipinski definition) is 0. The molecule has 0 aliphatic carbocycles. The molecule has 0 rings (SSSR count). The lowest BCUT2D eigenvalue weighted by Gasteiger charge is -2.00. The summed E-state index contributed by atoms with van der Waals surface area (Å²) in [5.74, 6) is 0. The third kappa shape index (κ3) is 4.46. The van der Waals surface area contributed by atoms with Crippen LogP contribution in [0.2, 0.25) is 0 Å². The molecule has 0 bridgehead atoms.